The first-order chi connectivity index (χ1) is 12.2. The summed E-state index contributed by atoms with van der Waals surface area (Å²) in [5.74, 6) is 0.869. The van der Waals surface area contributed by atoms with Gasteiger partial charge < -0.3 is 20.3 Å². The highest BCUT2D eigenvalue weighted by molar-refractivity contribution is 14.0. The van der Waals surface area contributed by atoms with Crippen molar-refractivity contribution in [3.63, 3.8) is 0 Å². The molecular formula is C20H37IN4O. The Morgan fingerprint density at radius 2 is 1.65 bits per heavy atom. The number of ether oxygens (including phenoxy) is 1. The third-order valence-corrected chi connectivity index (χ3v) is 3.69. The second-order valence-corrected chi connectivity index (χ2v) is 6.50. The molecular weight excluding hydrogens is 439 g/mol. The van der Waals surface area contributed by atoms with Crippen molar-refractivity contribution in [2.75, 3.05) is 40.4 Å². The maximum absolute atomic E-state index is 5.58. The molecule has 5 nitrogen and oxygen atoms in total. The summed E-state index contributed by atoms with van der Waals surface area (Å²) in [4.78, 5) is 6.84. The van der Waals surface area contributed by atoms with Crippen LogP contribution in [0.25, 0.3) is 0 Å². The highest BCUT2D eigenvalue weighted by Crippen LogP contribution is 2.07. The summed E-state index contributed by atoms with van der Waals surface area (Å²) < 4.78 is 5.58. The fraction of sp³-hybridized carbons (Fsp3) is 0.650. The molecule has 1 rings (SSSR count). The molecule has 0 unspecified atom stereocenters. The lowest BCUT2D eigenvalue weighted by molar-refractivity contribution is 0.129. The largest absolute Gasteiger partial charge is 0.381 e. The van der Waals surface area contributed by atoms with Gasteiger partial charge in [0.15, 0.2) is 5.96 Å². The monoisotopic (exact) mass is 476 g/mol. The molecule has 2 N–H and O–H groups in total. The van der Waals surface area contributed by atoms with Crippen molar-refractivity contribution in [1.82, 2.24) is 15.5 Å². The van der Waals surface area contributed by atoms with Gasteiger partial charge in [0.05, 0.1) is 6.54 Å². The van der Waals surface area contributed by atoms with E-state index in [2.05, 4.69) is 72.7 Å². The first-order valence-electron chi connectivity index (χ1n) is 9.48. The number of nitrogens with zero attached hydrogens (tertiary/aromatic N) is 2. The fourth-order valence-electron chi connectivity index (χ4n) is 2.36. The first-order valence-corrected chi connectivity index (χ1v) is 9.48. The summed E-state index contributed by atoms with van der Waals surface area (Å²) in [6, 6.07) is 8.68. The number of aliphatic imine (C=N–C) groups is 1. The van der Waals surface area contributed by atoms with E-state index < -0.39 is 0 Å². The molecule has 0 saturated carbocycles. The molecule has 6 heteroatoms. The first kappa shape index (κ1) is 25.1. The average molecular weight is 476 g/mol. The quantitative estimate of drug-likeness (QED) is 0.209. The van der Waals surface area contributed by atoms with Crippen molar-refractivity contribution in [2.45, 2.75) is 46.2 Å². The number of unbranched alkanes of at least 4 members (excludes halogenated alkanes) is 1. The van der Waals surface area contributed by atoms with Crippen LogP contribution in [-0.4, -0.2) is 51.3 Å². The Kier molecular flexibility index (Phi) is 15.8. The van der Waals surface area contributed by atoms with Gasteiger partial charge in [-0.25, -0.2) is 4.99 Å². The van der Waals surface area contributed by atoms with Crippen LogP contribution in [-0.2, 0) is 17.8 Å². The molecule has 1 aromatic rings. The summed E-state index contributed by atoms with van der Waals surface area (Å²) in [6.07, 6.45) is 3.32. The van der Waals surface area contributed by atoms with Crippen LogP contribution in [0.3, 0.4) is 0 Å². The van der Waals surface area contributed by atoms with E-state index in [9.17, 15) is 0 Å². The Morgan fingerprint density at radius 1 is 1.00 bits per heavy atom. The van der Waals surface area contributed by atoms with Crippen molar-refractivity contribution in [2.24, 2.45) is 4.99 Å². The Hall–Kier alpha value is -0.860. The van der Waals surface area contributed by atoms with Crippen molar-refractivity contribution in [1.29, 1.82) is 0 Å². The number of halogens is 1. The molecule has 0 heterocycles. The van der Waals surface area contributed by atoms with Crippen LogP contribution in [0.5, 0.6) is 0 Å². The smallest absolute Gasteiger partial charge is 0.191 e. The molecule has 0 aliphatic heterocycles. The summed E-state index contributed by atoms with van der Waals surface area (Å²) in [6.45, 7) is 9.33. The lowest BCUT2D eigenvalue weighted by atomic mass is 10.1. The molecule has 0 aliphatic carbocycles. The SMILES string of the molecule is CCCCOCCCNC(=NCc1ccc(CN(C)C)cc1)NCC.I. The number of hydrogen-bond donors (Lipinski definition) is 2. The topological polar surface area (TPSA) is 48.9 Å². The van der Waals surface area contributed by atoms with Gasteiger partial charge in [0.1, 0.15) is 0 Å². The Labute approximate surface area is 177 Å². The third-order valence-electron chi connectivity index (χ3n) is 3.69. The van der Waals surface area contributed by atoms with Crippen molar-refractivity contribution < 1.29 is 4.74 Å². The van der Waals surface area contributed by atoms with Gasteiger partial charge in [-0.05, 0) is 45.0 Å². The molecule has 0 aromatic heterocycles. The molecule has 0 saturated heterocycles. The minimum atomic E-state index is 0. The van der Waals surface area contributed by atoms with Crippen LogP contribution in [0.15, 0.2) is 29.3 Å². The average Bonchev–Trinajstić information content (AvgIpc) is 2.59. The van der Waals surface area contributed by atoms with Crippen LogP contribution < -0.4 is 10.6 Å². The molecule has 0 atom stereocenters. The third kappa shape index (κ3) is 12.5. The second-order valence-electron chi connectivity index (χ2n) is 6.50. The minimum Gasteiger partial charge on any atom is -0.381 e. The van der Waals surface area contributed by atoms with Gasteiger partial charge in [0, 0.05) is 32.8 Å². The van der Waals surface area contributed by atoms with E-state index in [-0.39, 0.29) is 24.0 Å². The van der Waals surface area contributed by atoms with Gasteiger partial charge in [-0.15, -0.1) is 24.0 Å². The van der Waals surface area contributed by atoms with E-state index >= 15 is 0 Å². The zero-order valence-electron chi connectivity index (χ0n) is 16.9. The Morgan fingerprint density at radius 3 is 2.27 bits per heavy atom. The summed E-state index contributed by atoms with van der Waals surface area (Å²) in [5, 5.41) is 6.66. The molecule has 0 amide bonds. The fourth-order valence-corrected chi connectivity index (χ4v) is 2.36. The minimum absolute atomic E-state index is 0. The maximum atomic E-state index is 5.58. The predicted molar refractivity (Wildman–Crippen MR) is 122 cm³/mol. The normalized spacial score (nSPS) is 11.3. The van der Waals surface area contributed by atoms with E-state index in [1.165, 1.54) is 17.5 Å². The number of nitrogens with one attached hydrogen (secondary N) is 2. The predicted octanol–water partition coefficient (Wildman–Crippen LogP) is 3.63. The lowest BCUT2D eigenvalue weighted by Crippen LogP contribution is -2.38. The molecule has 0 spiro atoms. The van der Waals surface area contributed by atoms with E-state index in [4.69, 9.17) is 4.74 Å². The van der Waals surface area contributed by atoms with E-state index in [0.717, 1.165) is 51.6 Å². The highest BCUT2D eigenvalue weighted by Gasteiger charge is 1.99. The van der Waals surface area contributed by atoms with Crippen LogP contribution in [0.4, 0.5) is 0 Å². The Bertz CT molecular complexity index is 477. The van der Waals surface area contributed by atoms with Crippen LogP contribution in [0.2, 0.25) is 0 Å². The Balaban J connectivity index is 0.00000625. The van der Waals surface area contributed by atoms with Gasteiger partial charge in [-0.2, -0.15) is 0 Å². The number of hydrogen-bond acceptors (Lipinski definition) is 3. The molecule has 1 aromatic carbocycles. The molecule has 0 bridgehead atoms. The molecule has 0 radical (unpaired) electrons. The lowest BCUT2D eigenvalue weighted by Gasteiger charge is -2.12. The van der Waals surface area contributed by atoms with Gasteiger partial charge in [-0.3, -0.25) is 0 Å². The summed E-state index contributed by atoms with van der Waals surface area (Å²) >= 11 is 0. The number of benzene rings is 1. The van der Waals surface area contributed by atoms with Gasteiger partial charge >= 0.3 is 0 Å². The highest BCUT2D eigenvalue weighted by atomic mass is 127. The molecule has 0 aliphatic rings. The van der Waals surface area contributed by atoms with Crippen LogP contribution in [0, 0.1) is 0 Å². The van der Waals surface area contributed by atoms with E-state index in [1.54, 1.807) is 0 Å². The molecule has 0 fully saturated rings. The summed E-state index contributed by atoms with van der Waals surface area (Å²) in [7, 11) is 4.17. The number of rotatable bonds is 12. The van der Waals surface area contributed by atoms with E-state index in [0.29, 0.717) is 6.54 Å². The van der Waals surface area contributed by atoms with Crippen molar-refractivity contribution >= 4 is 29.9 Å². The van der Waals surface area contributed by atoms with Crippen LogP contribution >= 0.6 is 24.0 Å². The van der Waals surface area contributed by atoms with Gasteiger partial charge in [0.25, 0.3) is 0 Å². The molecule has 150 valence electrons. The zero-order chi connectivity index (χ0) is 18.3. The number of guanidine groups is 1. The maximum Gasteiger partial charge on any atom is 0.191 e. The van der Waals surface area contributed by atoms with Crippen LogP contribution in [0.1, 0.15) is 44.2 Å². The standard InChI is InChI=1S/C20H36N4O.HI/c1-5-7-14-25-15-8-13-22-20(21-6-2)23-16-18-9-11-19(12-10-18)17-24(3)4;/h9-12H,5-8,13-17H2,1-4H3,(H2,21,22,23);1H. The van der Waals surface area contributed by atoms with Gasteiger partial charge in [0.2, 0.25) is 0 Å². The van der Waals surface area contributed by atoms with E-state index in [1.807, 2.05) is 0 Å². The molecule has 26 heavy (non-hydrogen) atoms. The van der Waals surface area contributed by atoms with Crippen molar-refractivity contribution in [3.05, 3.63) is 35.4 Å². The summed E-state index contributed by atoms with van der Waals surface area (Å²) in [5.41, 5.74) is 2.55. The zero-order valence-corrected chi connectivity index (χ0v) is 19.2. The second kappa shape index (κ2) is 16.3. The van der Waals surface area contributed by atoms with Crippen molar-refractivity contribution in [3.8, 4) is 0 Å². The van der Waals surface area contributed by atoms with Gasteiger partial charge in [-0.1, -0.05) is 37.6 Å².